The third kappa shape index (κ3) is 2.82. The normalized spacial score (nSPS) is 11.3. The van der Waals surface area contributed by atoms with Gasteiger partial charge in [0.1, 0.15) is 16.2 Å². The Labute approximate surface area is 120 Å². The minimum absolute atomic E-state index is 0.00690. The van der Waals surface area contributed by atoms with E-state index in [-0.39, 0.29) is 10.6 Å². The Morgan fingerprint density at radius 2 is 2.00 bits per heavy atom. The fourth-order valence-corrected chi connectivity index (χ4v) is 3.34. The van der Waals surface area contributed by atoms with Crippen molar-refractivity contribution >= 4 is 21.7 Å². The van der Waals surface area contributed by atoms with Crippen LogP contribution in [0.4, 0.5) is 5.69 Å². The van der Waals surface area contributed by atoms with E-state index in [1.807, 2.05) is 0 Å². The Bertz CT molecular complexity index is 791. The van der Waals surface area contributed by atoms with Crippen molar-refractivity contribution in [1.82, 2.24) is 10.2 Å². The molecule has 0 unspecified atom stereocenters. The van der Waals surface area contributed by atoms with Crippen LogP contribution in [0.5, 0.6) is 5.75 Å². The van der Waals surface area contributed by atoms with E-state index in [1.54, 1.807) is 6.92 Å². The monoisotopic (exact) mass is 311 g/mol. The Kier molecular flexibility index (Phi) is 3.60. The minimum Gasteiger partial charge on any atom is -0.507 e. The van der Waals surface area contributed by atoms with Crippen LogP contribution >= 0.6 is 0 Å². The lowest BCUT2D eigenvalue weighted by atomic mass is 10.2. The minimum atomic E-state index is -3.90. The molecule has 0 bridgehead atoms. The molecule has 0 fully saturated rings. The first-order chi connectivity index (χ1) is 9.72. The van der Waals surface area contributed by atoms with Gasteiger partial charge in [-0.15, -0.1) is 0 Å². The van der Waals surface area contributed by atoms with E-state index in [0.29, 0.717) is 11.4 Å². The molecule has 4 N–H and O–H groups in total. The zero-order valence-corrected chi connectivity index (χ0v) is 12.0. The summed E-state index contributed by atoms with van der Waals surface area (Å²) in [6.07, 6.45) is 0. The summed E-state index contributed by atoms with van der Waals surface area (Å²) in [6, 6.07) is 3.42. The van der Waals surface area contributed by atoms with E-state index < -0.39 is 27.3 Å². The molecule has 0 saturated heterocycles. The van der Waals surface area contributed by atoms with Gasteiger partial charge in [-0.3, -0.25) is 9.82 Å². The number of hydrogen-bond acceptors (Lipinski definition) is 5. The van der Waals surface area contributed by atoms with E-state index >= 15 is 0 Å². The Balaban J connectivity index is 2.42. The van der Waals surface area contributed by atoms with Crippen LogP contribution in [0.3, 0.4) is 0 Å². The third-order valence-corrected chi connectivity index (χ3v) is 4.45. The number of aromatic hydroxyl groups is 1. The number of anilines is 1. The van der Waals surface area contributed by atoms with Gasteiger partial charge in [0.15, 0.2) is 0 Å². The summed E-state index contributed by atoms with van der Waals surface area (Å²) in [6.45, 7) is 3.10. The van der Waals surface area contributed by atoms with Gasteiger partial charge < -0.3 is 10.2 Å². The van der Waals surface area contributed by atoms with Crippen molar-refractivity contribution in [2.75, 3.05) is 4.72 Å². The number of aromatic nitrogens is 2. The number of hydrogen-bond donors (Lipinski definition) is 4. The highest BCUT2D eigenvalue weighted by molar-refractivity contribution is 7.92. The molecule has 0 atom stereocenters. The van der Waals surface area contributed by atoms with E-state index in [1.165, 1.54) is 13.0 Å². The van der Waals surface area contributed by atoms with Gasteiger partial charge >= 0.3 is 5.97 Å². The molecule has 0 aliphatic rings. The zero-order valence-electron chi connectivity index (χ0n) is 11.2. The van der Waals surface area contributed by atoms with Gasteiger partial charge in [-0.1, -0.05) is 0 Å². The SMILES string of the molecule is Cc1n[nH]c(C)c1S(=O)(=O)Nc1ccc(O)c(C(=O)O)c1. The van der Waals surface area contributed by atoms with Gasteiger partial charge in [-0.05, 0) is 32.0 Å². The molecule has 1 aromatic carbocycles. The van der Waals surface area contributed by atoms with Crippen LogP contribution in [0.15, 0.2) is 23.1 Å². The van der Waals surface area contributed by atoms with Crippen molar-refractivity contribution in [2.24, 2.45) is 0 Å². The molecule has 0 aliphatic heterocycles. The topological polar surface area (TPSA) is 132 Å². The van der Waals surface area contributed by atoms with Crippen LogP contribution in [-0.4, -0.2) is 34.8 Å². The number of rotatable bonds is 4. The summed E-state index contributed by atoms with van der Waals surface area (Å²) in [5.74, 6) is -1.80. The number of aromatic amines is 1. The second kappa shape index (κ2) is 5.09. The van der Waals surface area contributed by atoms with E-state index in [4.69, 9.17) is 5.11 Å². The Morgan fingerprint density at radius 3 is 2.52 bits per heavy atom. The lowest BCUT2D eigenvalue weighted by Gasteiger charge is -2.09. The lowest BCUT2D eigenvalue weighted by Crippen LogP contribution is -2.15. The number of carboxylic acids is 1. The summed E-state index contributed by atoms with van der Waals surface area (Å²) in [7, 11) is -3.90. The summed E-state index contributed by atoms with van der Waals surface area (Å²) in [4.78, 5) is 10.9. The molecule has 9 heteroatoms. The fourth-order valence-electron chi connectivity index (χ4n) is 1.91. The number of aryl methyl sites for hydroxylation is 2. The maximum absolute atomic E-state index is 12.3. The highest BCUT2D eigenvalue weighted by Gasteiger charge is 2.23. The third-order valence-electron chi connectivity index (χ3n) is 2.81. The van der Waals surface area contributed by atoms with Crippen LogP contribution in [0, 0.1) is 13.8 Å². The number of H-pyrrole nitrogens is 1. The molecule has 1 heterocycles. The van der Waals surface area contributed by atoms with Crippen molar-refractivity contribution in [3.8, 4) is 5.75 Å². The molecule has 0 spiro atoms. The summed E-state index contributed by atoms with van der Waals surface area (Å²) in [5, 5.41) is 24.7. The highest BCUT2D eigenvalue weighted by Crippen LogP contribution is 2.25. The van der Waals surface area contributed by atoms with Gasteiger partial charge in [0, 0.05) is 5.69 Å². The average molecular weight is 311 g/mol. The maximum atomic E-state index is 12.3. The number of sulfonamides is 1. The summed E-state index contributed by atoms with van der Waals surface area (Å²) < 4.78 is 26.8. The predicted molar refractivity (Wildman–Crippen MR) is 73.9 cm³/mol. The second-order valence-corrected chi connectivity index (χ2v) is 6.02. The molecule has 0 aliphatic carbocycles. The first-order valence-electron chi connectivity index (χ1n) is 5.83. The van der Waals surface area contributed by atoms with Gasteiger partial charge in [0.2, 0.25) is 0 Å². The van der Waals surface area contributed by atoms with Crippen LogP contribution in [-0.2, 0) is 10.0 Å². The second-order valence-electron chi connectivity index (χ2n) is 4.41. The summed E-state index contributed by atoms with van der Waals surface area (Å²) in [5.41, 5.74) is 0.315. The van der Waals surface area contributed by atoms with Crippen LogP contribution in [0.1, 0.15) is 21.7 Å². The van der Waals surface area contributed by atoms with Crippen LogP contribution < -0.4 is 4.72 Å². The predicted octanol–water partition coefficient (Wildman–Crippen LogP) is 1.23. The molecular formula is C12H13N3O5S. The number of nitrogens with one attached hydrogen (secondary N) is 2. The molecular weight excluding hydrogens is 298 g/mol. The highest BCUT2D eigenvalue weighted by atomic mass is 32.2. The van der Waals surface area contributed by atoms with E-state index in [9.17, 15) is 18.3 Å². The largest absolute Gasteiger partial charge is 0.507 e. The van der Waals surface area contributed by atoms with Gasteiger partial charge in [0.25, 0.3) is 10.0 Å². The molecule has 2 rings (SSSR count). The molecule has 21 heavy (non-hydrogen) atoms. The van der Waals surface area contributed by atoms with Gasteiger partial charge in [-0.25, -0.2) is 13.2 Å². The van der Waals surface area contributed by atoms with Crippen molar-refractivity contribution in [1.29, 1.82) is 0 Å². The average Bonchev–Trinajstić information content (AvgIpc) is 2.71. The molecule has 1 aromatic heterocycles. The van der Waals surface area contributed by atoms with Gasteiger partial charge in [0.05, 0.1) is 11.4 Å². The maximum Gasteiger partial charge on any atom is 0.339 e. The molecule has 0 saturated carbocycles. The van der Waals surface area contributed by atoms with Crippen molar-refractivity contribution in [3.05, 3.63) is 35.2 Å². The van der Waals surface area contributed by atoms with Crippen molar-refractivity contribution in [2.45, 2.75) is 18.7 Å². The number of phenols is 1. The van der Waals surface area contributed by atoms with Crippen molar-refractivity contribution < 1.29 is 23.4 Å². The lowest BCUT2D eigenvalue weighted by molar-refractivity contribution is 0.0693. The quantitative estimate of drug-likeness (QED) is 0.628. The zero-order chi connectivity index (χ0) is 15.8. The molecule has 112 valence electrons. The first kappa shape index (κ1) is 14.9. The number of aromatic carboxylic acids is 1. The first-order valence-corrected chi connectivity index (χ1v) is 7.31. The van der Waals surface area contributed by atoms with Crippen LogP contribution in [0.25, 0.3) is 0 Å². The van der Waals surface area contributed by atoms with Gasteiger partial charge in [-0.2, -0.15) is 5.10 Å². The number of benzene rings is 1. The van der Waals surface area contributed by atoms with E-state index in [2.05, 4.69) is 14.9 Å². The Hall–Kier alpha value is -2.55. The Morgan fingerprint density at radius 1 is 1.33 bits per heavy atom. The molecule has 0 radical (unpaired) electrons. The summed E-state index contributed by atoms with van der Waals surface area (Å²) >= 11 is 0. The van der Waals surface area contributed by atoms with E-state index in [0.717, 1.165) is 12.1 Å². The number of carboxylic acid groups (broad SMARTS) is 1. The number of nitrogens with zero attached hydrogens (tertiary/aromatic N) is 1. The standard InChI is InChI=1S/C12H13N3O5S/c1-6-11(7(2)14-13-6)21(19,20)15-8-3-4-10(16)9(5-8)12(17)18/h3-5,15-16H,1-2H3,(H,13,14)(H,17,18). The molecule has 8 nitrogen and oxygen atoms in total. The number of carbonyl (C=O) groups is 1. The van der Waals surface area contributed by atoms with Crippen LogP contribution in [0.2, 0.25) is 0 Å². The smallest absolute Gasteiger partial charge is 0.339 e. The fraction of sp³-hybridized carbons (Fsp3) is 0.167. The van der Waals surface area contributed by atoms with Crippen molar-refractivity contribution in [3.63, 3.8) is 0 Å². The molecule has 2 aromatic rings. The molecule has 0 amide bonds.